The lowest BCUT2D eigenvalue weighted by molar-refractivity contribution is -0.118. The summed E-state index contributed by atoms with van der Waals surface area (Å²) in [6, 6.07) is 20.3. The van der Waals surface area contributed by atoms with Crippen molar-refractivity contribution >= 4 is 29.1 Å². The Bertz CT molecular complexity index is 1130. The molecule has 0 fully saturated rings. The first kappa shape index (κ1) is 19.2. The highest BCUT2D eigenvalue weighted by molar-refractivity contribution is 6.34. The van der Waals surface area contributed by atoms with Crippen LogP contribution < -0.4 is 19.7 Å². The molecule has 0 saturated carbocycles. The van der Waals surface area contributed by atoms with Crippen LogP contribution in [0.1, 0.15) is 20.7 Å². The van der Waals surface area contributed by atoms with E-state index in [9.17, 15) is 14.4 Å². The zero-order valence-corrected chi connectivity index (χ0v) is 16.1. The molecule has 0 saturated heterocycles. The van der Waals surface area contributed by atoms with Crippen molar-refractivity contribution in [2.24, 2.45) is 0 Å². The average molecular weight is 402 g/mol. The van der Waals surface area contributed by atoms with Crippen molar-refractivity contribution in [1.29, 1.82) is 0 Å². The quantitative estimate of drug-likeness (QED) is 0.638. The molecule has 3 aromatic carbocycles. The van der Waals surface area contributed by atoms with Crippen molar-refractivity contribution in [2.75, 3.05) is 23.9 Å². The number of hydrogen-bond acceptors (Lipinski definition) is 5. The van der Waals surface area contributed by atoms with Crippen LogP contribution in [0.2, 0.25) is 0 Å². The fourth-order valence-electron chi connectivity index (χ4n) is 3.21. The van der Waals surface area contributed by atoms with Crippen LogP contribution >= 0.6 is 0 Å². The third-order valence-corrected chi connectivity index (χ3v) is 4.61. The first-order valence-electron chi connectivity index (χ1n) is 9.22. The number of rotatable bonds is 6. The Morgan fingerprint density at radius 1 is 0.867 bits per heavy atom. The third kappa shape index (κ3) is 3.60. The molecule has 1 aliphatic rings. The number of hydrogen-bond donors (Lipinski definition) is 1. The number of para-hydroxylation sites is 3. The lowest BCUT2D eigenvalue weighted by atomic mass is 10.1. The lowest BCUT2D eigenvalue weighted by Gasteiger charge is -2.13. The van der Waals surface area contributed by atoms with Gasteiger partial charge in [-0.3, -0.25) is 14.4 Å². The lowest BCUT2D eigenvalue weighted by Crippen LogP contribution is -2.29. The summed E-state index contributed by atoms with van der Waals surface area (Å²) in [6.45, 7) is -0.236. The number of methoxy groups -OCH3 is 1. The number of nitrogens with one attached hydrogen (secondary N) is 1. The number of ether oxygens (including phenoxy) is 2. The Kier molecular flexibility index (Phi) is 5.17. The maximum atomic E-state index is 12.8. The molecule has 1 N–H and O–H groups in total. The number of fused-ring (bicyclic) bond motifs is 1. The van der Waals surface area contributed by atoms with Crippen molar-refractivity contribution in [3.8, 4) is 11.5 Å². The van der Waals surface area contributed by atoms with Gasteiger partial charge in [0.1, 0.15) is 0 Å². The Balaban J connectivity index is 1.47. The van der Waals surface area contributed by atoms with Crippen LogP contribution in [0.3, 0.4) is 0 Å². The Morgan fingerprint density at radius 3 is 2.27 bits per heavy atom. The standard InChI is InChI=1S/C23H18N2O5/c1-29-19-9-5-6-10-20(19)30-14-21(26)24-15-11-12-17-18(13-15)23(28)25(22(17)27)16-7-3-2-4-8-16/h2-13H,14H2,1H3,(H,24,26). The molecular weight excluding hydrogens is 384 g/mol. The minimum absolute atomic E-state index is 0.236. The molecule has 30 heavy (non-hydrogen) atoms. The van der Waals surface area contributed by atoms with Gasteiger partial charge in [-0.1, -0.05) is 30.3 Å². The Morgan fingerprint density at radius 2 is 1.53 bits per heavy atom. The summed E-state index contributed by atoms with van der Waals surface area (Å²) < 4.78 is 10.7. The van der Waals surface area contributed by atoms with Crippen LogP contribution in [0.4, 0.5) is 11.4 Å². The van der Waals surface area contributed by atoms with Crippen molar-refractivity contribution in [3.63, 3.8) is 0 Å². The normalized spacial score (nSPS) is 12.5. The van der Waals surface area contributed by atoms with Crippen molar-refractivity contribution < 1.29 is 23.9 Å². The number of anilines is 2. The summed E-state index contributed by atoms with van der Waals surface area (Å²) in [6.07, 6.45) is 0. The number of benzene rings is 3. The molecule has 3 aromatic rings. The van der Waals surface area contributed by atoms with Crippen LogP contribution in [0.25, 0.3) is 0 Å². The van der Waals surface area contributed by atoms with Crippen LogP contribution in [-0.2, 0) is 4.79 Å². The van der Waals surface area contributed by atoms with E-state index < -0.39 is 17.7 Å². The van der Waals surface area contributed by atoms with Gasteiger partial charge in [0.15, 0.2) is 18.1 Å². The molecular formula is C23H18N2O5. The van der Waals surface area contributed by atoms with Crippen molar-refractivity contribution in [1.82, 2.24) is 0 Å². The highest BCUT2D eigenvalue weighted by Crippen LogP contribution is 2.30. The minimum atomic E-state index is -0.428. The smallest absolute Gasteiger partial charge is 0.266 e. The predicted octanol–water partition coefficient (Wildman–Crippen LogP) is 3.51. The van der Waals surface area contributed by atoms with Crippen LogP contribution in [-0.4, -0.2) is 31.4 Å². The highest BCUT2D eigenvalue weighted by Gasteiger charge is 2.36. The van der Waals surface area contributed by atoms with E-state index >= 15 is 0 Å². The predicted molar refractivity (Wildman–Crippen MR) is 111 cm³/mol. The molecule has 0 aliphatic carbocycles. The van der Waals surface area contributed by atoms with Gasteiger partial charge in [0.05, 0.1) is 23.9 Å². The molecule has 0 aromatic heterocycles. The third-order valence-electron chi connectivity index (χ3n) is 4.61. The van der Waals surface area contributed by atoms with Gasteiger partial charge in [-0.05, 0) is 42.5 Å². The summed E-state index contributed by atoms with van der Waals surface area (Å²) in [7, 11) is 1.52. The molecule has 4 rings (SSSR count). The van der Waals surface area contributed by atoms with Gasteiger partial charge < -0.3 is 14.8 Å². The first-order valence-corrected chi connectivity index (χ1v) is 9.22. The molecule has 0 unspecified atom stereocenters. The monoisotopic (exact) mass is 402 g/mol. The molecule has 3 amide bonds. The molecule has 7 heteroatoms. The van der Waals surface area contributed by atoms with Crippen LogP contribution in [0, 0.1) is 0 Å². The summed E-state index contributed by atoms with van der Waals surface area (Å²) >= 11 is 0. The number of amides is 3. The fourth-order valence-corrected chi connectivity index (χ4v) is 3.21. The van der Waals surface area contributed by atoms with E-state index in [1.807, 2.05) is 6.07 Å². The number of carbonyl (C=O) groups is 3. The molecule has 1 heterocycles. The van der Waals surface area contributed by atoms with Crippen molar-refractivity contribution in [3.05, 3.63) is 83.9 Å². The number of nitrogens with zero attached hydrogens (tertiary/aromatic N) is 1. The van der Waals surface area contributed by atoms with Gasteiger partial charge in [0.2, 0.25) is 0 Å². The number of imide groups is 1. The summed E-state index contributed by atoms with van der Waals surface area (Å²) in [5.41, 5.74) is 1.44. The Labute approximate surface area is 172 Å². The molecule has 0 spiro atoms. The van der Waals surface area contributed by atoms with E-state index in [0.29, 0.717) is 28.4 Å². The maximum absolute atomic E-state index is 12.8. The second kappa shape index (κ2) is 8.08. The largest absolute Gasteiger partial charge is 0.493 e. The van der Waals surface area contributed by atoms with E-state index in [0.717, 1.165) is 4.90 Å². The first-order chi connectivity index (χ1) is 14.6. The molecule has 7 nitrogen and oxygen atoms in total. The SMILES string of the molecule is COc1ccccc1OCC(=O)Nc1ccc2c(c1)C(=O)N(c1ccccc1)C2=O. The zero-order valence-electron chi connectivity index (χ0n) is 16.1. The number of carbonyl (C=O) groups excluding carboxylic acids is 3. The molecule has 1 aliphatic heterocycles. The van der Waals surface area contributed by atoms with Crippen LogP contribution in [0.5, 0.6) is 11.5 Å². The van der Waals surface area contributed by atoms with E-state index in [4.69, 9.17) is 9.47 Å². The summed E-state index contributed by atoms with van der Waals surface area (Å²) in [4.78, 5) is 38.8. The Hall–Kier alpha value is -4.13. The maximum Gasteiger partial charge on any atom is 0.266 e. The fraction of sp³-hybridized carbons (Fsp3) is 0.0870. The average Bonchev–Trinajstić information content (AvgIpc) is 3.02. The second-order valence-electron chi connectivity index (χ2n) is 6.53. The van der Waals surface area contributed by atoms with Gasteiger partial charge >= 0.3 is 0 Å². The van der Waals surface area contributed by atoms with E-state index in [2.05, 4.69) is 5.32 Å². The van der Waals surface area contributed by atoms with Crippen LogP contribution in [0.15, 0.2) is 72.8 Å². The van der Waals surface area contributed by atoms with E-state index in [1.54, 1.807) is 54.6 Å². The molecule has 0 radical (unpaired) electrons. The van der Waals surface area contributed by atoms with Gasteiger partial charge in [0.25, 0.3) is 17.7 Å². The summed E-state index contributed by atoms with van der Waals surface area (Å²) in [5, 5.41) is 2.68. The highest BCUT2D eigenvalue weighted by atomic mass is 16.5. The molecule has 0 bridgehead atoms. The van der Waals surface area contributed by atoms with E-state index in [-0.39, 0.29) is 12.2 Å². The summed E-state index contributed by atoms with van der Waals surface area (Å²) in [5.74, 6) is -0.255. The van der Waals surface area contributed by atoms with Gasteiger partial charge in [-0.25, -0.2) is 4.90 Å². The van der Waals surface area contributed by atoms with Gasteiger partial charge in [-0.15, -0.1) is 0 Å². The van der Waals surface area contributed by atoms with Gasteiger partial charge in [-0.2, -0.15) is 0 Å². The minimum Gasteiger partial charge on any atom is -0.493 e. The topological polar surface area (TPSA) is 84.9 Å². The molecule has 0 atom stereocenters. The van der Waals surface area contributed by atoms with Crippen molar-refractivity contribution in [2.45, 2.75) is 0 Å². The second-order valence-corrected chi connectivity index (χ2v) is 6.53. The van der Waals surface area contributed by atoms with Gasteiger partial charge in [0, 0.05) is 5.69 Å². The van der Waals surface area contributed by atoms with E-state index in [1.165, 1.54) is 19.2 Å². The molecule has 150 valence electrons. The zero-order chi connectivity index (χ0) is 21.1.